The third kappa shape index (κ3) is 5.94. The van der Waals surface area contributed by atoms with Crippen molar-refractivity contribution in [1.82, 2.24) is 5.32 Å². The molecular weight excluding hydrogens is 134 g/mol. The Hall–Kier alpha value is -0.480. The molecule has 2 atom stereocenters. The smallest absolute Gasteiger partial charge is 0.00886 e. The van der Waals surface area contributed by atoms with E-state index < -0.39 is 0 Å². The molecular formula is C10H19N. The van der Waals surface area contributed by atoms with Gasteiger partial charge >= 0.3 is 0 Å². The van der Waals surface area contributed by atoms with E-state index in [2.05, 4.69) is 25.1 Å². The van der Waals surface area contributed by atoms with Gasteiger partial charge in [0.2, 0.25) is 0 Å². The molecule has 0 aliphatic heterocycles. The summed E-state index contributed by atoms with van der Waals surface area (Å²) >= 11 is 0. The third-order valence-electron chi connectivity index (χ3n) is 2.03. The second-order valence-corrected chi connectivity index (χ2v) is 3.27. The van der Waals surface area contributed by atoms with Crippen molar-refractivity contribution >= 4 is 0 Å². The largest absolute Gasteiger partial charge is 0.317 e. The summed E-state index contributed by atoms with van der Waals surface area (Å²) in [6, 6.07) is 0.614. The van der Waals surface area contributed by atoms with Crippen LogP contribution in [0.5, 0.6) is 0 Å². The first kappa shape index (κ1) is 10.5. The molecule has 0 amide bonds. The average molecular weight is 153 g/mol. The van der Waals surface area contributed by atoms with Crippen molar-refractivity contribution in [3.8, 4) is 12.3 Å². The van der Waals surface area contributed by atoms with Gasteiger partial charge in [-0.05, 0) is 32.7 Å². The quantitative estimate of drug-likeness (QED) is 0.596. The van der Waals surface area contributed by atoms with Gasteiger partial charge in [0.1, 0.15) is 0 Å². The molecule has 0 spiro atoms. The second kappa shape index (κ2) is 6.24. The van der Waals surface area contributed by atoms with Gasteiger partial charge in [0.25, 0.3) is 0 Å². The Kier molecular flexibility index (Phi) is 5.97. The van der Waals surface area contributed by atoms with Crippen LogP contribution in [-0.4, -0.2) is 13.1 Å². The number of terminal acetylenes is 1. The Bertz CT molecular complexity index is 123. The molecule has 0 saturated heterocycles. The van der Waals surface area contributed by atoms with Gasteiger partial charge in [-0.3, -0.25) is 0 Å². The summed E-state index contributed by atoms with van der Waals surface area (Å²) in [5, 5.41) is 3.22. The first-order valence-electron chi connectivity index (χ1n) is 4.31. The standard InChI is InChI=1S/C10H19N/c1-5-6-7-9(2)8-10(3)11-4/h1,9-11H,6-8H2,2-4H3. The molecule has 1 N–H and O–H groups in total. The second-order valence-electron chi connectivity index (χ2n) is 3.27. The van der Waals surface area contributed by atoms with E-state index in [1.54, 1.807) is 0 Å². The van der Waals surface area contributed by atoms with Crippen molar-refractivity contribution in [2.75, 3.05) is 7.05 Å². The fraction of sp³-hybridized carbons (Fsp3) is 0.800. The Labute approximate surface area is 70.6 Å². The molecule has 0 aromatic carbocycles. The van der Waals surface area contributed by atoms with Crippen molar-refractivity contribution in [2.45, 2.75) is 39.2 Å². The number of hydrogen-bond donors (Lipinski definition) is 1. The van der Waals surface area contributed by atoms with Crippen LogP contribution in [0.25, 0.3) is 0 Å². The number of rotatable bonds is 5. The van der Waals surface area contributed by atoms with Gasteiger partial charge in [-0.15, -0.1) is 12.3 Å². The van der Waals surface area contributed by atoms with Crippen molar-refractivity contribution in [3.05, 3.63) is 0 Å². The summed E-state index contributed by atoms with van der Waals surface area (Å²) < 4.78 is 0. The minimum atomic E-state index is 0.614. The lowest BCUT2D eigenvalue weighted by atomic mass is 9.98. The van der Waals surface area contributed by atoms with E-state index in [0.717, 1.165) is 18.8 Å². The molecule has 0 aromatic rings. The van der Waals surface area contributed by atoms with Crippen LogP contribution in [0.1, 0.15) is 33.1 Å². The van der Waals surface area contributed by atoms with Crippen LogP contribution < -0.4 is 5.32 Å². The molecule has 64 valence electrons. The van der Waals surface area contributed by atoms with Crippen LogP contribution in [0.15, 0.2) is 0 Å². The molecule has 0 saturated carbocycles. The Morgan fingerprint density at radius 3 is 2.55 bits per heavy atom. The molecule has 0 heterocycles. The minimum Gasteiger partial charge on any atom is -0.317 e. The zero-order valence-electron chi connectivity index (χ0n) is 7.85. The summed E-state index contributed by atoms with van der Waals surface area (Å²) in [4.78, 5) is 0. The van der Waals surface area contributed by atoms with Crippen molar-refractivity contribution in [1.29, 1.82) is 0 Å². The first-order chi connectivity index (χ1) is 5.20. The topological polar surface area (TPSA) is 12.0 Å². The van der Waals surface area contributed by atoms with E-state index in [4.69, 9.17) is 6.42 Å². The zero-order chi connectivity index (χ0) is 8.69. The lowest BCUT2D eigenvalue weighted by Gasteiger charge is -2.15. The van der Waals surface area contributed by atoms with Gasteiger partial charge in [0, 0.05) is 12.5 Å². The summed E-state index contributed by atoms with van der Waals surface area (Å²) in [6.07, 6.45) is 8.46. The fourth-order valence-electron chi connectivity index (χ4n) is 1.17. The molecule has 0 rings (SSSR count). The molecule has 0 bridgehead atoms. The van der Waals surface area contributed by atoms with Gasteiger partial charge in [0.05, 0.1) is 0 Å². The fourth-order valence-corrected chi connectivity index (χ4v) is 1.17. The number of nitrogens with one attached hydrogen (secondary N) is 1. The number of hydrogen-bond acceptors (Lipinski definition) is 1. The molecule has 0 aromatic heterocycles. The molecule has 0 aliphatic carbocycles. The van der Waals surface area contributed by atoms with Crippen molar-refractivity contribution in [3.63, 3.8) is 0 Å². The Balaban J connectivity index is 3.37. The monoisotopic (exact) mass is 153 g/mol. The summed E-state index contributed by atoms with van der Waals surface area (Å²) in [5.41, 5.74) is 0. The van der Waals surface area contributed by atoms with Crippen LogP contribution in [0.2, 0.25) is 0 Å². The first-order valence-corrected chi connectivity index (χ1v) is 4.31. The van der Waals surface area contributed by atoms with Crippen LogP contribution >= 0.6 is 0 Å². The highest BCUT2D eigenvalue weighted by Gasteiger charge is 2.05. The van der Waals surface area contributed by atoms with Crippen LogP contribution in [0.4, 0.5) is 0 Å². The van der Waals surface area contributed by atoms with Gasteiger partial charge in [-0.1, -0.05) is 6.92 Å². The van der Waals surface area contributed by atoms with Crippen LogP contribution in [-0.2, 0) is 0 Å². The van der Waals surface area contributed by atoms with E-state index in [1.807, 2.05) is 7.05 Å². The van der Waals surface area contributed by atoms with E-state index in [-0.39, 0.29) is 0 Å². The highest BCUT2D eigenvalue weighted by molar-refractivity contribution is 4.84. The molecule has 2 unspecified atom stereocenters. The summed E-state index contributed by atoms with van der Waals surface area (Å²) in [7, 11) is 2.00. The van der Waals surface area contributed by atoms with E-state index in [0.29, 0.717) is 6.04 Å². The SMILES string of the molecule is C#CCCC(C)CC(C)NC. The molecule has 1 nitrogen and oxygen atoms in total. The molecule has 1 heteroatoms. The maximum atomic E-state index is 5.17. The van der Waals surface area contributed by atoms with Crippen LogP contribution in [0.3, 0.4) is 0 Å². The van der Waals surface area contributed by atoms with Gasteiger partial charge in [0.15, 0.2) is 0 Å². The molecule has 0 fully saturated rings. The Morgan fingerprint density at radius 2 is 2.09 bits per heavy atom. The average Bonchev–Trinajstić information content (AvgIpc) is 2.00. The molecule has 0 radical (unpaired) electrons. The highest BCUT2D eigenvalue weighted by Crippen LogP contribution is 2.11. The van der Waals surface area contributed by atoms with Crippen molar-refractivity contribution in [2.24, 2.45) is 5.92 Å². The summed E-state index contributed by atoms with van der Waals surface area (Å²) in [5.74, 6) is 3.41. The predicted molar refractivity (Wildman–Crippen MR) is 50.4 cm³/mol. The molecule has 0 aliphatic rings. The van der Waals surface area contributed by atoms with Crippen molar-refractivity contribution < 1.29 is 0 Å². The van der Waals surface area contributed by atoms with E-state index in [9.17, 15) is 0 Å². The van der Waals surface area contributed by atoms with Gasteiger partial charge in [-0.2, -0.15) is 0 Å². The third-order valence-corrected chi connectivity index (χ3v) is 2.03. The maximum absolute atomic E-state index is 5.17. The Morgan fingerprint density at radius 1 is 1.45 bits per heavy atom. The van der Waals surface area contributed by atoms with E-state index in [1.165, 1.54) is 6.42 Å². The van der Waals surface area contributed by atoms with Gasteiger partial charge < -0.3 is 5.32 Å². The highest BCUT2D eigenvalue weighted by atomic mass is 14.8. The molecule has 11 heavy (non-hydrogen) atoms. The normalized spacial score (nSPS) is 15.5. The van der Waals surface area contributed by atoms with E-state index >= 15 is 0 Å². The lowest BCUT2D eigenvalue weighted by Crippen LogP contribution is -2.23. The summed E-state index contributed by atoms with van der Waals surface area (Å²) in [6.45, 7) is 4.46. The minimum absolute atomic E-state index is 0.614. The predicted octanol–water partition coefficient (Wildman–Crippen LogP) is 2.03. The zero-order valence-corrected chi connectivity index (χ0v) is 7.85. The van der Waals surface area contributed by atoms with Gasteiger partial charge in [-0.25, -0.2) is 0 Å². The lowest BCUT2D eigenvalue weighted by molar-refractivity contribution is 0.424. The maximum Gasteiger partial charge on any atom is 0.00886 e. The van der Waals surface area contributed by atoms with Crippen LogP contribution in [0, 0.1) is 18.3 Å².